The van der Waals surface area contributed by atoms with Crippen LogP contribution in [0.1, 0.15) is 0 Å². The zero-order valence-corrected chi connectivity index (χ0v) is 8.29. The fourth-order valence-corrected chi connectivity index (χ4v) is 0. The molecule has 0 aromatic carbocycles. The van der Waals surface area contributed by atoms with Crippen LogP contribution in [0, 0.1) is 0 Å². The van der Waals surface area contributed by atoms with Gasteiger partial charge in [0.2, 0.25) is 0 Å². The van der Waals surface area contributed by atoms with Crippen LogP contribution in [0.3, 0.4) is 0 Å². The predicted octanol–water partition coefficient (Wildman–Crippen LogP) is -1.25. The van der Waals surface area contributed by atoms with Gasteiger partial charge in [-0.1, -0.05) is 0 Å². The van der Waals surface area contributed by atoms with Gasteiger partial charge in [0.1, 0.15) is 0 Å². The van der Waals surface area contributed by atoms with Crippen LogP contribution in [0.4, 0.5) is 0 Å². The first kappa shape index (κ1) is 16.0. The molecule has 0 bridgehead atoms. The van der Waals surface area contributed by atoms with Crippen molar-refractivity contribution in [3.05, 3.63) is 0 Å². The molecule has 0 rings (SSSR count). The monoisotopic (exact) mass is 204 g/mol. The van der Waals surface area contributed by atoms with Gasteiger partial charge < -0.3 is 0 Å². The molecule has 0 aromatic rings. The molecule has 0 aromatic heterocycles. The van der Waals surface area contributed by atoms with Crippen molar-refractivity contribution in [2.24, 2.45) is 0 Å². The quantitative estimate of drug-likeness (QED) is 0.460. The van der Waals surface area contributed by atoms with E-state index in [4.69, 9.17) is 17.1 Å². The summed E-state index contributed by atoms with van der Waals surface area (Å²) < 4.78 is 42.3. The van der Waals surface area contributed by atoms with E-state index in [9.17, 15) is 0 Å². The summed E-state index contributed by atoms with van der Waals surface area (Å²) in [7, 11) is 0. The molecule has 0 unspecified atom stereocenters. The van der Waals surface area contributed by atoms with Crippen LogP contribution in [0.25, 0.3) is 0 Å². The van der Waals surface area contributed by atoms with E-state index in [0.717, 1.165) is 0 Å². The van der Waals surface area contributed by atoms with Gasteiger partial charge in [-0.15, -0.1) is 0 Å². The van der Waals surface area contributed by atoms with E-state index in [1.165, 1.54) is 0 Å². The van der Waals surface area contributed by atoms with E-state index >= 15 is 0 Å². The molecule has 0 aliphatic heterocycles. The van der Waals surface area contributed by atoms with Crippen molar-refractivity contribution in [1.29, 1.82) is 0 Å². The average Bonchev–Trinajstić information content (AvgIpc) is 1.75. The first-order valence-electron chi connectivity index (χ1n) is 1.11. The Morgan fingerprint density at radius 1 is 0.750 bits per heavy atom. The first-order chi connectivity index (χ1) is 3.83. The molecule has 0 atom stereocenters. The van der Waals surface area contributed by atoms with Crippen molar-refractivity contribution in [1.82, 2.24) is 0 Å². The van der Waals surface area contributed by atoms with Crippen LogP contribution >= 0.6 is 0 Å². The van der Waals surface area contributed by atoms with Gasteiger partial charge in [-0.05, 0) is 0 Å². The molecular formula is HAlO5Ti2. The van der Waals surface area contributed by atoms with Gasteiger partial charge in [-0.25, -0.2) is 0 Å². The second-order valence-electron chi connectivity index (χ2n) is 0.167. The third-order valence-corrected chi connectivity index (χ3v) is 0. The molecular weight excluding hydrogens is 203 g/mol. The molecule has 0 N–H and O–H groups in total. The Kier molecular flexibility index (Phi) is 87.9. The SMILES string of the molecule is [O]=[AlH].[O]=[Ti]=[O].[O]=[Ti]=[O]. The Hall–Kier alpha value is 0.961. The fourth-order valence-electron chi connectivity index (χ4n) is 0. The summed E-state index contributed by atoms with van der Waals surface area (Å²) in [6.45, 7) is 0. The van der Waals surface area contributed by atoms with Crippen LogP contribution in [0.5, 0.6) is 0 Å². The predicted molar refractivity (Wildman–Crippen MR) is 10.6 cm³/mol. The summed E-state index contributed by atoms with van der Waals surface area (Å²) in [6.07, 6.45) is 0. The fraction of sp³-hybridized carbons (Fsp3) is 0. The molecule has 0 saturated heterocycles. The zero-order chi connectivity index (χ0) is 7.41. The Morgan fingerprint density at radius 2 is 0.750 bits per heavy atom. The molecule has 0 amide bonds. The molecule has 8 heavy (non-hydrogen) atoms. The van der Waals surface area contributed by atoms with Gasteiger partial charge in [-0.3, -0.25) is 0 Å². The molecule has 0 fully saturated rings. The number of hydrogen-bond acceptors (Lipinski definition) is 5. The second kappa shape index (κ2) is 44.0. The molecule has 8 heteroatoms. The molecule has 0 heterocycles. The van der Waals surface area contributed by atoms with Gasteiger partial charge in [0.05, 0.1) is 0 Å². The van der Waals surface area contributed by atoms with E-state index in [0.29, 0.717) is 16.2 Å². The van der Waals surface area contributed by atoms with Crippen molar-refractivity contribution in [3.63, 3.8) is 0 Å². The van der Waals surface area contributed by atoms with Crippen molar-refractivity contribution in [3.8, 4) is 0 Å². The van der Waals surface area contributed by atoms with E-state index in [2.05, 4.69) is 0 Å². The van der Waals surface area contributed by atoms with Gasteiger partial charge >= 0.3 is 71.5 Å². The summed E-state index contributed by atoms with van der Waals surface area (Å²) in [5.41, 5.74) is 0. The van der Waals surface area contributed by atoms with Crippen LogP contribution < -0.4 is 0 Å². The van der Waals surface area contributed by atoms with Crippen molar-refractivity contribution < 1.29 is 55.3 Å². The Morgan fingerprint density at radius 3 is 0.750 bits per heavy atom. The van der Waals surface area contributed by atoms with E-state index in [1.807, 2.05) is 0 Å². The normalized spacial score (nSPS) is 2.38. The van der Waals surface area contributed by atoms with Crippen molar-refractivity contribution >= 4 is 16.2 Å². The molecule has 0 aliphatic carbocycles. The van der Waals surface area contributed by atoms with Gasteiger partial charge in [0.25, 0.3) is 0 Å². The maximum atomic E-state index is 8.50. The Labute approximate surface area is 71.0 Å². The van der Waals surface area contributed by atoms with Crippen molar-refractivity contribution in [2.75, 3.05) is 0 Å². The summed E-state index contributed by atoms with van der Waals surface area (Å²) >= 11 is -3.39. The summed E-state index contributed by atoms with van der Waals surface area (Å²) in [5, 5.41) is 0. The maximum absolute atomic E-state index is 8.50. The van der Waals surface area contributed by atoms with Crippen LogP contribution in [0.2, 0.25) is 0 Å². The van der Waals surface area contributed by atoms with Gasteiger partial charge in [-0.2, -0.15) is 0 Å². The summed E-state index contributed by atoms with van der Waals surface area (Å²) in [5.74, 6) is 0. The molecule has 42 valence electrons. The number of hydrogen-bond donors (Lipinski definition) is 0. The minimum absolute atomic E-state index is 0.611. The molecule has 0 saturated carbocycles. The minimum atomic E-state index is -2.00. The molecule has 0 aliphatic rings. The van der Waals surface area contributed by atoms with Crippen LogP contribution in [-0.2, 0) is 55.3 Å². The Balaban J connectivity index is -0.0000000483. The molecule has 0 spiro atoms. The summed E-state index contributed by atoms with van der Waals surface area (Å²) in [4.78, 5) is 0. The third-order valence-electron chi connectivity index (χ3n) is 0. The molecule has 5 nitrogen and oxygen atoms in total. The Bertz CT molecular complexity index is 74.6. The first-order valence-corrected chi connectivity index (χ1v) is 4.23. The van der Waals surface area contributed by atoms with E-state index in [1.54, 1.807) is 0 Å². The van der Waals surface area contributed by atoms with Gasteiger partial charge in [0, 0.05) is 0 Å². The second-order valence-corrected chi connectivity index (χ2v) is 0.687. The van der Waals surface area contributed by atoms with Crippen LogP contribution in [0.15, 0.2) is 0 Å². The van der Waals surface area contributed by atoms with Crippen molar-refractivity contribution in [2.45, 2.75) is 0 Å². The van der Waals surface area contributed by atoms with Gasteiger partial charge in [0.15, 0.2) is 0 Å². The topological polar surface area (TPSA) is 85.3 Å². The molecule has 0 radical (unpaired) electrons. The summed E-state index contributed by atoms with van der Waals surface area (Å²) in [6, 6.07) is 0. The van der Waals surface area contributed by atoms with E-state index < -0.39 is 38.2 Å². The van der Waals surface area contributed by atoms with E-state index in [-0.39, 0.29) is 0 Å². The third kappa shape index (κ3) is 268. The number of rotatable bonds is 0. The zero-order valence-electron chi connectivity index (χ0n) is 3.75. The standard InChI is InChI=1S/Al.5O.2Ti.H. The average molecular weight is 204 g/mol. The van der Waals surface area contributed by atoms with Crippen LogP contribution in [-0.4, -0.2) is 16.2 Å².